The summed E-state index contributed by atoms with van der Waals surface area (Å²) in [4.78, 5) is 34.1. The molecule has 1 fully saturated rings. The number of anilines is 3. The summed E-state index contributed by atoms with van der Waals surface area (Å²) < 4.78 is 0. The molecule has 3 aromatic rings. The van der Waals surface area contributed by atoms with E-state index >= 15 is 0 Å². The monoisotopic (exact) mass is 622 g/mol. The first kappa shape index (κ1) is 28.9. The van der Waals surface area contributed by atoms with Crippen LogP contribution in [0.5, 0.6) is 0 Å². The van der Waals surface area contributed by atoms with Gasteiger partial charge in [-0.15, -0.1) is 0 Å². The maximum absolute atomic E-state index is 14.0. The predicted octanol–water partition coefficient (Wildman–Crippen LogP) is 7.61. The molecule has 2 heterocycles. The van der Waals surface area contributed by atoms with Crippen molar-refractivity contribution in [3.63, 3.8) is 0 Å². The summed E-state index contributed by atoms with van der Waals surface area (Å²) in [5.74, 6) is 0.0587. The summed E-state index contributed by atoms with van der Waals surface area (Å²) in [6.45, 7) is 6.91. The molecule has 218 valence electrons. The van der Waals surface area contributed by atoms with Gasteiger partial charge in [-0.25, -0.2) is 0 Å². The van der Waals surface area contributed by atoms with Crippen LogP contribution in [0.25, 0.3) is 0 Å². The molecule has 1 aliphatic carbocycles. The van der Waals surface area contributed by atoms with Crippen LogP contribution in [-0.4, -0.2) is 49.3 Å². The molecule has 1 atom stereocenters. The highest BCUT2D eigenvalue weighted by Crippen LogP contribution is 2.49. The number of nitrogens with one attached hydrogen (secondary N) is 1. The smallest absolute Gasteiger partial charge is 0.242 e. The van der Waals surface area contributed by atoms with Crippen molar-refractivity contribution in [2.75, 3.05) is 47.8 Å². The van der Waals surface area contributed by atoms with Crippen molar-refractivity contribution in [2.24, 2.45) is 5.41 Å². The van der Waals surface area contributed by atoms with E-state index in [1.165, 1.54) is 0 Å². The fraction of sp³-hybridized carbons (Fsp3) is 0.333. The van der Waals surface area contributed by atoms with E-state index in [2.05, 4.69) is 24.1 Å². The normalized spacial score (nSPS) is 20.1. The summed E-state index contributed by atoms with van der Waals surface area (Å²) >= 11 is 19.4. The lowest BCUT2D eigenvalue weighted by atomic mass is 9.73. The van der Waals surface area contributed by atoms with Gasteiger partial charge in [-0.3, -0.25) is 9.59 Å². The summed E-state index contributed by atoms with van der Waals surface area (Å²) in [5.41, 5.74) is 4.86. The van der Waals surface area contributed by atoms with Crippen LogP contribution in [0.1, 0.15) is 38.3 Å². The third-order valence-corrected chi connectivity index (χ3v) is 9.17. The van der Waals surface area contributed by atoms with E-state index in [1.807, 2.05) is 64.4 Å². The molecule has 3 aliphatic rings. The fourth-order valence-electron chi connectivity index (χ4n) is 6.41. The third-order valence-electron chi connectivity index (χ3n) is 8.37. The van der Waals surface area contributed by atoms with Crippen LogP contribution >= 0.6 is 34.8 Å². The van der Waals surface area contributed by atoms with Crippen molar-refractivity contribution in [1.29, 1.82) is 0 Å². The zero-order valence-corrected chi connectivity index (χ0v) is 25.9. The number of para-hydroxylation sites is 2. The number of fused-ring (bicyclic) bond motifs is 1. The Morgan fingerprint density at radius 1 is 0.905 bits per heavy atom. The average Bonchev–Trinajstić information content (AvgIpc) is 3.07. The van der Waals surface area contributed by atoms with Crippen molar-refractivity contribution in [3.05, 3.63) is 98.6 Å². The van der Waals surface area contributed by atoms with Crippen molar-refractivity contribution in [3.8, 4) is 0 Å². The Labute approximate surface area is 261 Å². The van der Waals surface area contributed by atoms with E-state index in [1.54, 1.807) is 12.1 Å². The van der Waals surface area contributed by atoms with Gasteiger partial charge in [0.05, 0.1) is 24.0 Å². The van der Waals surface area contributed by atoms with Gasteiger partial charge in [-0.1, -0.05) is 72.9 Å². The van der Waals surface area contributed by atoms with E-state index in [-0.39, 0.29) is 23.7 Å². The molecule has 1 N–H and O–H groups in total. The zero-order valence-electron chi connectivity index (χ0n) is 23.7. The quantitative estimate of drug-likeness (QED) is 0.324. The molecule has 1 unspecified atom stereocenters. The molecule has 0 aromatic heterocycles. The Hall–Kier alpha value is -3.19. The van der Waals surface area contributed by atoms with Gasteiger partial charge < -0.3 is 20.0 Å². The number of hydrogen-bond donors (Lipinski definition) is 1. The van der Waals surface area contributed by atoms with Crippen molar-refractivity contribution < 1.29 is 9.59 Å². The number of carbonyl (C=O) groups is 2. The first-order valence-corrected chi connectivity index (χ1v) is 15.4. The minimum absolute atomic E-state index is 0.00160. The third kappa shape index (κ3) is 5.72. The Kier molecular flexibility index (Phi) is 7.90. The summed E-state index contributed by atoms with van der Waals surface area (Å²) in [5, 5.41) is 5.27. The molecule has 9 heteroatoms. The minimum Gasteiger partial charge on any atom is -0.368 e. The van der Waals surface area contributed by atoms with Gasteiger partial charge in [0, 0.05) is 64.6 Å². The molecule has 0 radical (unpaired) electrons. The molecule has 1 amide bonds. The first-order chi connectivity index (χ1) is 20.1. The second kappa shape index (κ2) is 11.5. The Morgan fingerprint density at radius 3 is 2.38 bits per heavy atom. The molecule has 6 nitrogen and oxygen atoms in total. The van der Waals surface area contributed by atoms with E-state index in [9.17, 15) is 9.59 Å². The lowest BCUT2D eigenvalue weighted by molar-refractivity contribution is -0.130. The van der Waals surface area contributed by atoms with E-state index < -0.39 is 6.04 Å². The van der Waals surface area contributed by atoms with Gasteiger partial charge in [0.1, 0.15) is 0 Å². The highest BCUT2D eigenvalue weighted by Gasteiger charge is 2.43. The van der Waals surface area contributed by atoms with Gasteiger partial charge >= 0.3 is 0 Å². The molecule has 0 bridgehead atoms. The maximum atomic E-state index is 14.0. The number of rotatable bonds is 4. The second-order valence-corrected chi connectivity index (χ2v) is 13.3. The van der Waals surface area contributed by atoms with Crippen molar-refractivity contribution in [1.82, 2.24) is 4.90 Å². The Balaban J connectivity index is 1.37. The SMILES string of the molecule is CC1(C)CC(=O)C2=C(C1)Nc1ccccc1N(CC(=O)N1CCN(c3cccc(Cl)c3)CC1)C2c1ccc(Cl)cc1Cl. The van der Waals surface area contributed by atoms with E-state index in [0.29, 0.717) is 59.7 Å². The van der Waals surface area contributed by atoms with Gasteiger partial charge in [0.2, 0.25) is 5.91 Å². The summed E-state index contributed by atoms with van der Waals surface area (Å²) in [6.07, 6.45) is 1.12. The number of piperazine rings is 1. The van der Waals surface area contributed by atoms with Gasteiger partial charge in [0.25, 0.3) is 0 Å². The van der Waals surface area contributed by atoms with Gasteiger partial charge in [-0.05, 0) is 59.9 Å². The highest BCUT2D eigenvalue weighted by atomic mass is 35.5. The highest BCUT2D eigenvalue weighted by molar-refractivity contribution is 6.35. The lowest BCUT2D eigenvalue weighted by Crippen LogP contribution is -2.52. The van der Waals surface area contributed by atoms with Crippen LogP contribution in [0.2, 0.25) is 15.1 Å². The molecule has 0 spiro atoms. The number of amides is 1. The number of nitrogens with zero attached hydrogens (tertiary/aromatic N) is 3. The predicted molar refractivity (Wildman–Crippen MR) is 172 cm³/mol. The molecule has 1 saturated heterocycles. The number of carbonyl (C=O) groups excluding carboxylic acids is 2. The van der Waals surface area contributed by atoms with Crippen molar-refractivity contribution in [2.45, 2.75) is 32.7 Å². The Bertz CT molecular complexity index is 1580. The van der Waals surface area contributed by atoms with Crippen molar-refractivity contribution >= 4 is 63.6 Å². The second-order valence-electron chi connectivity index (χ2n) is 12.0. The molecule has 6 rings (SSSR count). The van der Waals surface area contributed by atoms with Crippen LogP contribution in [0.15, 0.2) is 78.0 Å². The molecule has 0 saturated carbocycles. The minimum atomic E-state index is -0.554. The lowest BCUT2D eigenvalue weighted by Gasteiger charge is -2.40. The van der Waals surface area contributed by atoms with Gasteiger partial charge in [0.15, 0.2) is 5.78 Å². The van der Waals surface area contributed by atoms with E-state index in [0.717, 1.165) is 28.3 Å². The number of hydrogen-bond acceptors (Lipinski definition) is 5. The fourth-order valence-corrected chi connectivity index (χ4v) is 7.10. The number of Topliss-reactive ketones (excluding diaryl/α,β-unsaturated/α-hetero) is 1. The summed E-state index contributed by atoms with van der Waals surface area (Å²) in [6, 6.07) is 20.5. The average molecular weight is 624 g/mol. The first-order valence-electron chi connectivity index (χ1n) is 14.2. The van der Waals surface area contributed by atoms with Crippen LogP contribution < -0.4 is 15.1 Å². The van der Waals surface area contributed by atoms with Crippen LogP contribution in [-0.2, 0) is 9.59 Å². The largest absolute Gasteiger partial charge is 0.368 e. The number of benzene rings is 3. The number of ketones is 1. The molecular formula is C33H33Cl3N4O2. The maximum Gasteiger partial charge on any atom is 0.242 e. The zero-order chi connectivity index (χ0) is 29.6. The molecule has 2 aliphatic heterocycles. The van der Waals surface area contributed by atoms with Crippen LogP contribution in [0.4, 0.5) is 17.1 Å². The topological polar surface area (TPSA) is 55.9 Å². The van der Waals surface area contributed by atoms with Crippen LogP contribution in [0.3, 0.4) is 0 Å². The number of allylic oxidation sites excluding steroid dienone is 1. The Morgan fingerprint density at radius 2 is 1.64 bits per heavy atom. The molecular weight excluding hydrogens is 591 g/mol. The van der Waals surface area contributed by atoms with Crippen LogP contribution in [0, 0.1) is 5.41 Å². The number of halogens is 3. The standard InChI is InChI=1S/C33H33Cl3N4O2/c1-33(2)18-27-31(29(41)19-33)32(24-11-10-22(35)17-25(24)36)40(28-9-4-3-8-26(28)37-27)20-30(42)39-14-12-38(13-15-39)23-7-5-6-21(34)16-23/h3-11,16-17,32,37H,12-15,18-20H2,1-2H3. The van der Waals surface area contributed by atoms with E-state index in [4.69, 9.17) is 34.8 Å². The molecule has 3 aromatic carbocycles. The summed E-state index contributed by atoms with van der Waals surface area (Å²) in [7, 11) is 0. The molecule has 42 heavy (non-hydrogen) atoms. The van der Waals surface area contributed by atoms with Gasteiger partial charge in [-0.2, -0.15) is 0 Å².